The fourth-order valence-corrected chi connectivity index (χ4v) is 2.72. The Morgan fingerprint density at radius 3 is 2.38 bits per heavy atom. The van der Waals surface area contributed by atoms with Crippen molar-refractivity contribution in [2.24, 2.45) is 0 Å². The standard InChI is InChI=1S/C16H14FN3O4/c17-13-5-3-7-15(16(13)20(23)24)18(12-8-9-12)10-11-4-1-2-6-14(11)19(21)22/h1-7,12H,8-10H2. The Bertz CT molecular complexity index is 808. The minimum Gasteiger partial charge on any atom is -0.358 e. The second kappa shape index (κ2) is 6.23. The molecule has 0 N–H and O–H groups in total. The molecule has 0 atom stereocenters. The van der Waals surface area contributed by atoms with Crippen LogP contribution in [0.3, 0.4) is 0 Å². The van der Waals surface area contributed by atoms with Gasteiger partial charge in [0, 0.05) is 17.7 Å². The van der Waals surface area contributed by atoms with Crippen LogP contribution in [0.4, 0.5) is 21.5 Å². The highest BCUT2D eigenvalue weighted by Gasteiger charge is 2.35. The maximum Gasteiger partial charge on any atom is 0.327 e. The van der Waals surface area contributed by atoms with Gasteiger partial charge in [-0.05, 0) is 25.0 Å². The predicted molar refractivity (Wildman–Crippen MR) is 85.4 cm³/mol. The third-order valence-electron chi connectivity index (χ3n) is 3.97. The maximum absolute atomic E-state index is 13.9. The van der Waals surface area contributed by atoms with Crippen LogP contribution in [0.1, 0.15) is 18.4 Å². The van der Waals surface area contributed by atoms with Crippen LogP contribution >= 0.6 is 0 Å². The van der Waals surface area contributed by atoms with Gasteiger partial charge in [-0.3, -0.25) is 20.2 Å². The molecule has 2 aromatic rings. The van der Waals surface area contributed by atoms with Gasteiger partial charge in [0.2, 0.25) is 5.82 Å². The van der Waals surface area contributed by atoms with Gasteiger partial charge in [0.15, 0.2) is 0 Å². The molecule has 1 saturated carbocycles. The summed E-state index contributed by atoms with van der Waals surface area (Å²) in [5.74, 6) is -0.911. The second-order valence-corrected chi connectivity index (χ2v) is 5.61. The summed E-state index contributed by atoms with van der Waals surface area (Å²) in [4.78, 5) is 22.9. The Morgan fingerprint density at radius 1 is 1.04 bits per heavy atom. The molecule has 1 aliphatic carbocycles. The molecule has 0 radical (unpaired) electrons. The molecule has 0 aromatic heterocycles. The Kier molecular flexibility index (Phi) is 4.11. The van der Waals surface area contributed by atoms with Gasteiger partial charge in [-0.15, -0.1) is 0 Å². The highest BCUT2D eigenvalue weighted by Crippen LogP contribution is 2.39. The van der Waals surface area contributed by atoms with E-state index in [0.29, 0.717) is 5.56 Å². The summed E-state index contributed by atoms with van der Waals surface area (Å²) < 4.78 is 13.9. The summed E-state index contributed by atoms with van der Waals surface area (Å²) in [5.41, 5.74) is -0.0567. The normalized spacial score (nSPS) is 13.5. The first kappa shape index (κ1) is 15.9. The van der Waals surface area contributed by atoms with Crippen molar-refractivity contribution in [3.8, 4) is 0 Å². The van der Waals surface area contributed by atoms with Crippen LogP contribution in [0.2, 0.25) is 0 Å². The number of nitro benzene ring substituents is 2. The number of rotatable bonds is 6. The van der Waals surface area contributed by atoms with Crippen LogP contribution in [0.15, 0.2) is 42.5 Å². The molecule has 1 aliphatic rings. The van der Waals surface area contributed by atoms with Crippen molar-refractivity contribution in [1.82, 2.24) is 0 Å². The minimum absolute atomic E-state index is 0.0188. The van der Waals surface area contributed by atoms with Crippen molar-refractivity contribution in [3.63, 3.8) is 0 Å². The van der Waals surface area contributed by atoms with Crippen LogP contribution in [-0.4, -0.2) is 15.9 Å². The Balaban J connectivity index is 2.03. The van der Waals surface area contributed by atoms with E-state index < -0.39 is 21.4 Å². The Hall–Kier alpha value is -3.03. The van der Waals surface area contributed by atoms with Crippen molar-refractivity contribution in [2.45, 2.75) is 25.4 Å². The molecule has 0 spiro atoms. The van der Waals surface area contributed by atoms with Gasteiger partial charge in [-0.1, -0.05) is 24.3 Å². The first-order valence-corrected chi connectivity index (χ1v) is 7.41. The number of hydrogen-bond acceptors (Lipinski definition) is 5. The third-order valence-corrected chi connectivity index (χ3v) is 3.97. The van der Waals surface area contributed by atoms with Gasteiger partial charge in [0.25, 0.3) is 5.69 Å². The molecule has 124 valence electrons. The zero-order valence-corrected chi connectivity index (χ0v) is 12.6. The van der Waals surface area contributed by atoms with E-state index in [4.69, 9.17) is 0 Å². The SMILES string of the molecule is O=[N+]([O-])c1ccccc1CN(c1cccc(F)c1[N+](=O)[O-])C1CC1. The fourth-order valence-electron chi connectivity index (χ4n) is 2.72. The largest absolute Gasteiger partial charge is 0.358 e. The van der Waals surface area contributed by atoms with Crippen molar-refractivity contribution in [3.05, 3.63) is 74.1 Å². The first-order chi connectivity index (χ1) is 11.5. The third kappa shape index (κ3) is 3.03. The Morgan fingerprint density at radius 2 is 1.75 bits per heavy atom. The molecule has 3 rings (SSSR count). The molecular weight excluding hydrogens is 317 g/mol. The molecule has 0 unspecified atom stereocenters. The van der Waals surface area contributed by atoms with E-state index in [1.54, 1.807) is 23.1 Å². The highest BCUT2D eigenvalue weighted by molar-refractivity contribution is 5.65. The summed E-state index contributed by atoms with van der Waals surface area (Å²) in [7, 11) is 0. The zero-order valence-electron chi connectivity index (χ0n) is 12.6. The van der Waals surface area contributed by atoms with Gasteiger partial charge >= 0.3 is 5.69 Å². The van der Waals surface area contributed by atoms with E-state index in [2.05, 4.69) is 0 Å². The fraction of sp³-hybridized carbons (Fsp3) is 0.250. The average molecular weight is 331 g/mol. The lowest BCUT2D eigenvalue weighted by Gasteiger charge is -2.24. The quantitative estimate of drug-likeness (QED) is 0.593. The molecule has 0 saturated heterocycles. The van der Waals surface area contributed by atoms with E-state index in [0.717, 1.165) is 18.9 Å². The van der Waals surface area contributed by atoms with Crippen LogP contribution in [0.5, 0.6) is 0 Å². The van der Waals surface area contributed by atoms with Gasteiger partial charge in [0.1, 0.15) is 5.69 Å². The number of para-hydroxylation sites is 2. The molecule has 2 aromatic carbocycles. The van der Waals surface area contributed by atoms with Crippen LogP contribution < -0.4 is 4.90 Å². The first-order valence-electron chi connectivity index (χ1n) is 7.41. The summed E-state index contributed by atoms with van der Waals surface area (Å²) in [6.07, 6.45) is 1.63. The number of benzene rings is 2. The van der Waals surface area contributed by atoms with Gasteiger partial charge in [-0.25, -0.2) is 0 Å². The van der Waals surface area contributed by atoms with Crippen LogP contribution in [0, 0.1) is 26.0 Å². The van der Waals surface area contributed by atoms with E-state index in [-0.39, 0.29) is 24.0 Å². The predicted octanol–water partition coefficient (Wildman–Crippen LogP) is 3.81. The summed E-state index contributed by atoms with van der Waals surface area (Å²) in [6.45, 7) is 0.117. The number of nitrogens with zero attached hydrogens (tertiary/aromatic N) is 3. The van der Waals surface area contributed by atoms with E-state index in [1.165, 1.54) is 18.2 Å². The second-order valence-electron chi connectivity index (χ2n) is 5.61. The summed E-state index contributed by atoms with van der Waals surface area (Å²) in [5, 5.41) is 22.4. The van der Waals surface area contributed by atoms with Crippen molar-refractivity contribution >= 4 is 17.1 Å². The number of anilines is 1. The number of halogens is 1. The lowest BCUT2D eigenvalue weighted by Crippen LogP contribution is -2.26. The maximum atomic E-state index is 13.9. The lowest BCUT2D eigenvalue weighted by molar-refractivity contribution is -0.387. The van der Waals surface area contributed by atoms with Crippen LogP contribution in [0.25, 0.3) is 0 Å². The molecule has 0 heterocycles. The molecule has 24 heavy (non-hydrogen) atoms. The Labute approximate surface area is 136 Å². The van der Waals surface area contributed by atoms with Crippen molar-refractivity contribution < 1.29 is 14.2 Å². The van der Waals surface area contributed by atoms with Crippen LogP contribution in [-0.2, 0) is 6.54 Å². The molecule has 0 aliphatic heterocycles. The van der Waals surface area contributed by atoms with Crippen molar-refractivity contribution in [2.75, 3.05) is 4.90 Å². The summed E-state index contributed by atoms with van der Waals surface area (Å²) >= 11 is 0. The van der Waals surface area contributed by atoms with Gasteiger partial charge in [-0.2, -0.15) is 4.39 Å². The molecule has 0 bridgehead atoms. The molecular formula is C16H14FN3O4. The van der Waals surface area contributed by atoms with Gasteiger partial charge in [0.05, 0.1) is 16.4 Å². The smallest absolute Gasteiger partial charge is 0.327 e. The van der Waals surface area contributed by atoms with Crippen molar-refractivity contribution in [1.29, 1.82) is 0 Å². The average Bonchev–Trinajstić information content (AvgIpc) is 3.37. The van der Waals surface area contributed by atoms with E-state index in [9.17, 15) is 24.6 Å². The zero-order chi connectivity index (χ0) is 17.3. The topological polar surface area (TPSA) is 89.5 Å². The number of nitro groups is 2. The molecule has 1 fully saturated rings. The summed E-state index contributed by atoms with van der Waals surface area (Å²) in [6, 6.07) is 10.2. The minimum atomic E-state index is -0.911. The van der Waals surface area contributed by atoms with E-state index in [1.807, 2.05) is 0 Å². The molecule has 0 amide bonds. The van der Waals surface area contributed by atoms with Gasteiger partial charge < -0.3 is 4.90 Å². The lowest BCUT2D eigenvalue weighted by atomic mass is 10.1. The highest BCUT2D eigenvalue weighted by atomic mass is 19.1. The molecule has 8 heteroatoms. The monoisotopic (exact) mass is 331 g/mol. The molecule has 7 nitrogen and oxygen atoms in total. The number of hydrogen-bond donors (Lipinski definition) is 0. The van der Waals surface area contributed by atoms with E-state index >= 15 is 0 Å².